The number of rotatable bonds is 4. The zero-order valence-corrected chi connectivity index (χ0v) is 11.8. The number of ether oxygens (including phenoxy) is 1. The van der Waals surface area contributed by atoms with E-state index in [1.165, 1.54) is 18.2 Å². The monoisotopic (exact) mass is 295 g/mol. The van der Waals surface area contributed by atoms with Crippen LogP contribution in [0.1, 0.15) is 35.2 Å². The Balaban J connectivity index is 2.17. The van der Waals surface area contributed by atoms with Gasteiger partial charge in [-0.05, 0) is 37.5 Å². The van der Waals surface area contributed by atoms with Crippen LogP contribution in [-0.4, -0.2) is 35.7 Å². The highest BCUT2D eigenvalue weighted by Crippen LogP contribution is 2.25. The van der Waals surface area contributed by atoms with Crippen LogP contribution in [-0.2, 0) is 9.53 Å². The summed E-state index contributed by atoms with van der Waals surface area (Å²) in [5, 5.41) is 11.8. The number of hydrogen-bond donors (Lipinski definition) is 2. The number of amides is 1. The molecule has 1 fully saturated rings. The zero-order valence-electron chi connectivity index (χ0n) is 11.8. The van der Waals surface area contributed by atoms with Gasteiger partial charge in [-0.25, -0.2) is 4.39 Å². The van der Waals surface area contributed by atoms with Crippen molar-refractivity contribution in [3.8, 4) is 0 Å². The van der Waals surface area contributed by atoms with Crippen molar-refractivity contribution in [3.05, 3.63) is 35.1 Å². The average Bonchev–Trinajstić information content (AvgIpc) is 2.41. The summed E-state index contributed by atoms with van der Waals surface area (Å²) in [5.41, 5.74) is -0.185. The molecule has 1 aliphatic heterocycles. The third kappa shape index (κ3) is 3.78. The van der Waals surface area contributed by atoms with Crippen molar-refractivity contribution in [3.63, 3.8) is 0 Å². The second kappa shape index (κ2) is 6.22. The molecule has 0 saturated carbocycles. The van der Waals surface area contributed by atoms with Gasteiger partial charge in [-0.1, -0.05) is 6.07 Å². The normalized spacial score (nSPS) is 17.2. The number of carbonyl (C=O) groups excluding carboxylic acids is 1. The number of hydrogen-bond acceptors (Lipinski definition) is 3. The summed E-state index contributed by atoms with van der Waals surface area (Å²) < 4.78 is 18.8. The van der Waals surface area contributed by atoms with Crippen LogP contribution in [0.25, 0.3) is 0 Å². The van der Waals surface area contributed by atoms with Crippen LogP contribution in [0.5, 0.6) is 0 Å². The molecule has 2 rings (SSSR count). The third-order valence-corrected chi connectivity index (χ3v) is 3.75. The predicted molar refractivity (Wildman–Crippen MR) is 73.6 cm³/mol. The van der Waals surface area contributed by atoms with Crippen molar-refractivity contribution >= 4 is 11.9 Å². The summed E-state index contributed by atoms with van der Waals surface area (Å²) in [6.07, 6.45) is 0.690. The molecule has 0 atom stereocenters. The predicted octanol–water partition coefficient (Wildman–Crippen LogP) is 1.89. The highest BCUT2D eigenvalue weighted by molar-refractivity contribution is 5.95. The molecule has 21 heavy (non-hydrogen) atoms. The Bertz CT molecular complexity index is 553. The summed E-state index contributed by atoms with van der Waals surface area (Å²) in [4.78, 5) is 23.3. The second-order valence-electron chi connectivity index (χ2n) is 5.38. The fourth-order valence-corrected chi connectivity index (χ4v) is 2.44. The third-order valence-electron chi connectivity index (χ3n) is 3.75. The molecule has 1 amide bonds. The van der Waals surface area contributed by atoms with Gasteiger partial charge < -0.3 is 15.2 Å². The van der Waals surface area contributed by atoms with Crippen LogP contribution in [0.2, 0.25) is 0 Å². The van der Waals surface area contributed by atoms with Crippen molar-refractivity contribution in [2.45, 2.75) is 31.7 Å². The van der Waals surface area contributed by atoms with E-state index in [0.717, 1.165) is 0 Å². The van der Waals surface area contributed by atoms with Gasteiger partial charge in [-0.15, -0.1) is 0 Å². The minimum Gasteiger partial charge on any atom is -0.481 e. The van der Waals surface area contributed by atoms with E-state index in [0.29, 0.717) is 31.6 Å². The molecule has 0 aliphatic carbocycles. The number of benzene rings is 1. The van der Waals surface area contributed by atoms with Crippen LogP contribution in [0, 0.1) is 12.7 Å². The maximum Gasteiger partial charge on any atom is 0.305 e. The molecule has 1 aromatic rings. The number of halogens is 1. The number of carboxylic acids is 1. The molecule has 0 aromatic heterocycles. The van der Waals surface area contributed by atoms with E-state index in [-0.39, 0.29) is 12.0 Å². The quantitative estimate of drug-likeness (QED) is 0.889. The number of carbonyl (C=O) groups is 2. The molecule has 0 radical (unpaired) electrons. The molecule has 1 aromatic carbocycles. The van der Waals surface area contributed by atoms with Crippen molar-refractivity contribution in [1.82, 2.24) is 5.32 Å². The van der Waals surface area contributed by atoms with Gasteiger partial charge in [0.1, 0.15) is 5.82 Å². The summed E-state index contributed by atoms with van der Waals surface area (Å²) >= 11 is 0. The molecule has 6 heteroatoms. The molecule has 114 valence electrons. The molecule has 1 heterocycles. The van der Waals surface area contributed by atoms with Crippen LogP contribution in [0.15, 0.2) is 18.2 Å². The lowest BCUT2D eigenvalue weighted by atomic mass is 9.86. The van der Waals surface area contributed by atoms with Crippen molar-refractivity contribution in [2.24, 2.45) is 0 Å². The minimum absolute atomic E-state index is 0.170. The molecular formula is C15H18FNO4. The molecular weight excluding hydrogens is 277 g/mol. The topological polar surface area (TPSA) is 75.6 Å². The fraction of sp³-hybridized carbons (Fsp3) is 0.467. The van der Waals surface area contributed by atoms with Crippen molar-refractivity contribution in [2.75, 3.05) is 13.2 Å². The standard InChI is InChI=1S/C15H18FNO4/c1-10-2-3-11(8-12(10)16)14(20)17-15(9-13(18)19)4-6-21-7-5-15/h2-3,8H,4-7,9H2,1H3,(H,17,20)(H,18,19). The minimum atomic E-state index is -0.979. The van der Waals surface area contributed by atoms with E-state index in [2.05, 4.69) is 5.32 Å². The summed E-state index contributed by atoms with van der Waals surface area (Å²) in [6, 6.07) is 4.22. The van der Waals surface area contributed by atoms with E-state index in [9.17, 15) is 14.0 Å². The van der Waals surface area contributed by atoms with Gasteiger partial charge in [0, 0.05) is 18.8 Å². The van der Waals surface area contributed by atoms with Crippen LogP contribution in [0.3, 0.4) is 0 Å². The Morgan fingerprint density at radius 1 is 1.38 bits per heavy atom. The molecule has 1 aliphatic rings. The Labute approximate surface area is 122 Å². The number of carboxylic acid groups (broad SMARTS) is 1. The lowest BCUT2D eigenvalue weighted by Crippen LogP contribution is -2.53. The number of aliphatic carboxylic acids is 1. The number of aryl methyl sites for hydroxylation is 1. The maximum absolute atomic E-state index is 13.5. The molecule has 1 saturated heterocycles. The first-order valence-corrected chi connectivity index (χ1v) is 6.80. The maximum atomic E-state index is 13.5. The van der Waals surface area contributed by atoms with Gasteiger partial charge in [-0.3, -0.25) is 9.59 Å². The first-order chi connectivity index (χ1) is 9.92. The van der Waals surface area contributed by atoms with Gasteiger partial charge in [0.2, 0.25) is 0 Å². The van der Waals surface area contributed by atoms with Crippen LogP contribution in [0.4, 0.5) is 4.39 Å². The molecule has 2 N–H and O–H groups in total. The van der Waals surface area contributed by atoms with Gasteiger partial charge >= 0.3 is 5.97 Å². The van der Waals surface area contributed by atoms with E-state index in [1.54, 1.807) is 6.92 Å². The van der Waals surface area contributed by atoms with Gasteiger partial charge in [-0.2, -0.15) is 0 Å². The van der Waals surface area contributed by atoms with E-state index in [4.69, 9.17) is 9.84 Å². The highest BCUT2D eigenvalue weighted by atomic mass is 19.1. The lowest BCUT2D eigenvalue weighted by molar-refractivity contribution is -0.139. The largest absolute Gasteiger partial charge is 0.481 e. The first kappa shape index (κ1) is 15.4. The highest BCUT2D eigenvalue weighted by Gasteiger charge is 2.36. The Morgan fingerprint density at radius 3 is 2.62 bits per heavy atom. The Hall–Kier alpha value is -1.95. The molecule has 0 unspecified atom stereocenters. The van der Waals surface area contributed by atoms with Gasteiger partial charge in [0.25, 0.3) is 5.91 Å². The molecule has 5 nitrogen and oxygen atoms in total. The average molecular weight is 295 g/mol. The smallest absolute Gasteiger partial charge is 0.305 e. The number of nitrogens with one attached hydrogen (secondary N) is 1. The van der Waals surface area contributed by atoms with Gasteiger partial charge in [0.15, 0.2) is 0 Å². The lowest BCUT2D eigenvalue weighted by Gasteiger charge is -2.36. The van der Waals surface area contributed by atoms with Crippen molar-refractivity contribution < 1.29 is 23.8 Å². The summed E-state index contributed by atoms with van der Waals surface area (Å²) in [5.74, 6) is -1.90. The zero-order chi connectivity index (χ0) is 15.5. The fourth-order valence-electron chi connectivity index (χ4n) is 2.44. The SMILES string of the molecule is Cc1ccc(C(=O)NC2(CC(=O)O)CCOCC2)cc1F. The van der Waals surface area contributed by atoms with Crippen LogP contribution < -0.4 is 5.32 Å². The first-order valence-electron chi connectivity index (χ1n) is 6.80. The summed E-state index contributed by atoms with van der Waals surface area (Å²) in [7, 11) is 0. The molecule has 0 spiro atoms. The second-order valence-corrected chi connectivity index (χ2v) is 5.38. The van der Waals surface area contributed by atoms with Crippen molar-refractivity contribution in [1.29, 1.82) is 0 Å². The van der Waals surface area contributed by atoms with E-state index >= 15 is 0 Å². The molecule has 0 bridgehead atoms. The van der Waals surface area contributed by atoms with E-state index in [1.807, 2.05) is 0 Å². The Kier molecular flexibility index (Phi) is 4.57. The summed E-state index contributed by atoms with van der Waals surface area (Å²) in [6.45, 7) is 2.41. The van der Waals surface area contributed by atoms with Gasteiger partial charge in [0.05, 0.1) is 12.0 Å². The Morgan fingerprint density at radius 2 is 2.05 bits per heavy atom. The van der Waals surface area contributed by atoms with Crippen LogP contribution >= 0.6 is 0 Å². The van der Waals surface area contributed by atoms with E-state index < -0.39 is 23.2 Å².